The monoisotopic (exact) mass is 427 g/mol. The second-order valence-corrected chi connectivity index (χ2v) is 7.59. The van der Waals surface area contributed by atoms with Crippen LogP contribution in [0.1, 0.15) is 24.4 Å². The number of fused-ring (bicyclic) bond motifs is 1. The van der Waals surface area contributed by atoms with Crippen molar-refractivity contribution in [3.05, 3.63) is 52.3 Å². The number of anilines is 2. The zero-order valence-corrected chi connectivity index (χ0v) is 17.0. The van der Waals surface area contributed by atoms with Crippen LogP contribution in [0.3, 0.4) is 0 Å². The number of nitrogens with zero attached hydrogens (tertiary/aromatic N) is 4. The molecule has 1 unspecified atom stereocenters. The van der Waals surface area contributed by atoms with E-state index in [9.17, 15) is 0 Å². The number of morpholine rings is 1. The Balaban J connectivity index is 1.69. The summed E-state index contributed by atoms with van der Waals surface area (Å²) in [6, 6.07) is 12.4. The maximum absolute atomic E-state index is 5.45. The molecule has 2 aromatic heterocycles. The first kappa shape index (κ1) is 18.1. The van der Waals surface area contributed by atoms with Crippen LogP contribution in [-0.2, 0) is 4.74 Å². The molecule has 3 heterocycles. The van der Waals surface area contributed by atoms with Crippen molar-refractivity contribution in [1.82, 2.24) is 15.0 Å². The second kappa shape index (κ2) is 7.78. The van der Waals surface area contributed by atoms with Crippen LogP contribution in [0.2, 0.25) is 0 Å². The van der Waals surface area contributed by atoms with Crippen LogP contribution in [0.5, 0.6) is 0 Å². The highest BCUT2D eigenvalue weighted by molar-refractivity contribution is 9.10. The third-order valence-corrected chi connectivity index (χ3v) is 5.17. The minimum absolute atomic E-state index is 0.0915. The van der Waals surface area contributed by atoms with Gasteiger partial charge in [-0.2, -0.15) is 0 Å². The van der Waals surface area contributed by atoms with Gasteiger partial charge in [0.15, 0.2) is 5.82 Å². The number of ether oxygens (including phenoxy) is 1. The van der Waals surface area contributed by atoms with Gasteiger partial charge in [-0.05, 0) is 43.7 Å². The molecule has 3 aromatic rings. The number of halogens is 1. The van der Waals surface area contributed by atoms with Crippen LogP contribution in [0.25, 0.3) is 11.0 Å². The molecule has 7 heteroatoms. The highest BCUT2D eigenvalue weighted by Gasteiger charge is 2.16. The largest absolute Gasteiger partial charge is 0.378 e. The molecular weight excluding hydrogens is 406 g/mol. The maximum atomic E-state index is 5.45. The number of pyridine rings is 1. The topological polar surface area (TPSA) is 63.2 Å². The van der Waals surface area contributed by atoms with Crippen LogP contribution in [-0.4, -0.2) is 41.3 Å². The molecule has 140 valence electrons. The highest BCUT2D eigenvalue weighted by Crippen LogP contribution is 2.27. The molecule has 0 bridgehead atoms. The van der Waals surface area contributed by atoms with E-state index < -0.39 is 0 Å². The summed E-state index contributed by atoms with van der Waals surface area (Å²) in [6.07, 6.45) is 0. The van der Waals surface area contributed by atoms with E-state index >= 15 is 0 Å². The highest BCUT2D eigenvalue weighted by atomic mass is 79.9. The maximum Gasteiger partial charge on any atom is 0.156 e. The molecule has 1 aromatic carbocycles. The quantitative estimate of drug-likeness (QED) is 0.675. The molecule has 6 nitrogen and oxygen atoms in total. The lowest BCUT2D eigenvalue weighted by molar-refractivity contribution is 0.122. The van der Waals surface area contributed by atoms with Crippen LogP contribution < -0.4 is 10.2 Å². The van der Waals surface area contributed by atoms with E-state index in [1.54, 1.807) is 0 Å². The van der Waals surface area contributed by atoms with Crippen molar-refractivity contribution in [3.63, 3.8) is 0 Å². The van der Waals surface area contributed by atoms with E-state index in [4.69, 9.17) is 9.72 Å². The lowest BCUT2D eigenvalue weighted by atomic mass is 10.1. The van der Waals surface area contributed by atoms with Crippen LogP contribution in [0, 0.1) is 6.92 Å². The van der Waals surface area contributed by atoms with Crippen molar-refractivity contribution in [1.29, 1.82) is 0 Å². The summed E-state index contributed by atoms with van der Waals surface area (Å²) in [7, 11) is 0. The predicted octanol–water partition coefficient (Wildman–Crippen LogP) is 4.11. The van der Waals surface area contributed by atoms with Gasteiger partial charge in [-0.1, -0.05) is 28.1 Å². The normalized spacial score (nSPS) is 15.7. The molecule has 0 saturated carbocycles. The summed E-state index contributed by atoms with van der Waals surface area (Å²) >= 11 is 3.54. The summed E-state index contributed by atoms with van der Waals surface area (Å²) in [5.41, 5.74) is 2.83. The third-order valence-electron chi connectivity index (χ3n) is 4.68. The molecule has 0 spiro atoms. The third kappa shape index (κ3) is 4.04. The Morgan fingerprint density at radius 2 is 1.93 bits per heavy atom. The average molecular weight is 428 g/mol. The number of aryl methyl sites for hydroxylation is 1. The van der Waals surface area contributed by atoms with Gasteiger partial charge >= 0.3 is 0 Å². The second-order valence-electron chi connectivity index (χ2n) is 6.68. The number of hydrogen-bond acceptors (Lipinski definition) is 6. The fourth-order valence-corrected chi connectivity index (χ4v) is 3.67. The van der Waals surface area contributed by atoms with E-state index in [0.717, 1.165) is 59.3 Å². The Kier molecular flexibility index (Phi) is 5.22. The van der Waals surface area contributed by atoms with Gasteiger partial charge in [-0.3, -0.25) is 0 Å². The van der Waals surface area contributed by atoms with Crippen LogP contribution in [0.15, 0.2) is 40.9 Å². The Morgan fingerprint density at radius 1 is 1.11 bits per heavy atom. The SMILES string of the molecule is Cc1nc(NC(C)c2cccc(Br)c2)c2nc(N3CCOCC3)ccc2n1. The minimum Gasteiger partial charge on any atom is -0.378 e. The van der Waals surface area contributed by atoms with E-state index in [2.05, 4.69) is 55.2 Å². The fraction of sp³-hybridized carbons (Fsp3) is 0.350. The lowest BCUT2D eigenvalue weighted by Crippen LogP contribution is -2.36. The van der Waals surface area contributed by atoms with Gasteiger partial charge in [0.1, 0.15) is 17.2 Å². The zero-order chi connectivity index (χ0) is 18.8. The molecule has 1 atom stereocenters. The van der Waals surface area contributed by atoms with Gasteiger partial charge in [0.2, 0.25) is 0 Å². The fourth-order valence-electron chi connectivity index (χ4n) is 3.25. The molecule has 0 aliphatic carbocycles. The van der Waals surface area contributed by atoms with Crippen molar-refractivity contribution in [2.75, 3.05) is 36.5 Å². The van der Waals surface area contributed by atoms with Crippen LogP contribution >= 0.6 is 15.9 Å². The summed E-state index contributed by atoms with van der Waals surface area (Å²) in [5.74, 6) is 2.43. The molecule has 1 aliphatic heterocycles. The van der Waals surface area contributed by atoms with E-state index in [1.807, 2.05) is 31.2 Å². The lowest BCUT2D eigenvalue weighted by Gasteiger charge is -2.28. The summed E-state index contributed by atoms with van der Waals surface area (Å²) in [6.45, 7) is 7.19. The minimum atomic E-state index is 0.0915. The van der Waals surface area contributed by atoms with Gasteiger partial charge in [-0.15, -0.1) is 0 Å². The van der Waals surface area contributed by atoms with Gasteiger partial charge < -0.3 is 15.0 Å². The van der Waals surface area contributed by atoms with E-state index in [-0.39, 0.29) is 6.04 Å². The van der Waals surface area contributed by atoms with Gasteiger partial charge in [0.05, 0.1) is 24.8 Å². The summed E-state index contributed by atoms with van der Waals surface area (Å²) in [5, 5.41) is 3.52. The molecule has 0 amide bonds. The van der Waals surface area contributed by atoms with Crippen molar-refractivity contribution >= 4 is 38.6 Å². The Hall–Kier alpha value is -2.25. The Labute approximate surface area is 167 Å². The number of nitrogens with one attached hydrogen (secondary N) is 1. The van der Waals surface area contributed by atoms with Gasteiger partial charge in [0.25, 0.3) is 0 Å². The first-order valence-corrected chi connectivity index (χ1v) is 9.89. The van der Waals surface area contributed by atoms with Crippen LogP contribution in [0.4, 0.5) is 11.6 Å². The molecule has 1 fully saturated rings. The number of aromatic nitrogens is 3. The van der Waals surface area contributed by atoms with E-state index in [0.29, 0.717) is 0 Å². The molecular formula is C20H22BrN5O. The Bertz CT molecular complexity index is 958. The molecule has 1 saturated heterocycles. The molecule has 1 aliphatic rings. The molecule has 1 N–H and O–H groups in total. The standard InChI is InChI=1S/C20H22BrN5O/c1-13(15-4-3-5-16(21)12-15)22-20-19-17(23-14(2)24-20)6-7-18(25-19)26-8-10-27-11-9-26/h3-7,12-13H,8-11H2,1-2H3,(H,22,23,24). The van der Waals surface area contributed by atoms with Crippen molar-refractivity contribution in [3.8, 4) is 0 Å². The summed E-state index contributed by atoms with van der Waals surface area (Å²) < 4.78 is 6.51. The smallest absolute Gasteiger partial charge is 0.156 e. The summed E-state index contributed by atoms with van der Waals surface area (Å²) in [4.78, 5) is 16.3. The predicted molar refractivity (Wildman–Crippen MR) is 111 cm³/mol. The molecule has 27 heavy (non-hydrogen) atoms. The average Bonchev–Trinajstić information content (AvgIpc) is 2.68. The van der Waals surface area contributed by atoms with Gasteiger partial charge in [0, 0.05) is 17.6 Å². The van der Waals surface area contributed by atoms with E-state index in [1.165, 1.54) is 5.56 Å². The molecule has 4 rings (SSSR count). The zero-order valence-electron chi connectivity index (χ0n) is 15.4. The van der Waals surface area contributed by atoms with Gasteiger partial charge in [-0.25, -0.2) is 15.0 Å². The van der Waals surface area contributed by atoms with Crippen molar-refractivity contribution < 1.29 is 4.74 Å². The number of rotatable bonds is 4. The number of hydrogen-bond donors (Lipinski definition) is 1. The van der Waals surface area contributed by atoms with Crippen molar-refractivity contribution in [2.24, 2.45) is 0 Å². The Morgan fingerprint density at radius 3 is 2.70 bits per heavy atom. The molecule has 0 radical (unpaired) electrons. The van der Waals surface area contributed by atoms with Crippen molar-refractivity contribution in [2.45, 2.75) is 19.9 Å². The first-order chi connectivity index (χ1) is 13.1. The first-order valence-electron chi connectivity index (χ1n) is 9.10. The number of benzene rings is 1.